The molecule has 10 heteroatoms. The zero-order valence-electron chi connectivity index (χ0n) is 16.0. The molecule has 156 valence electrons. The molecule has 2 heterocycles. The standard InChI is InChI=1S/C20H16F4N4O2/c1-3-30-17(29)10-28-15-6-4-5-12(18(15)19(26-28)20(22,23)24)13-8-16-11(7-14(13)21)9-25-27(16)2/h4-9H,3,10H2,1-2H3. The van der Waals surface area contributed by atoms with Crippen LogP contribution in [0.4, 0.5) is 17.6 Å². The van der Waals surface area contributed by atoms with Gasteiger partial charge in [0.2, 0.25) is 0 Å². The summed E-state index contributed by atoms with van der Waals surface area (Å²) in [5.74, 6) is -1.40. The van der Waals surface area contributed by atoms with Crippen LogP contribution >= 0.6 is 0 Å². The smallest absolute Gasteiger partial charge is 0.435 e. The summed E-state index contributed by atoms with van der Waals surface area (Å²) in [5.41, 5.74) is -0.566. The van der Waals surface area contributed by atoms with Crippen molar-refractivity contribution in [2.24, 2.45) is 7.05 Å². The average molecular weight is 420 g/mol. The Morgan fingerprint density at radius 1 is 1.17 bits per heavy atom. The van der Waals surface area contributed by atoms with Gasteiger partial charge in [0.15, 0.2) is 5.69 Å². The second-order valence-corrected chi connectivity index (χ2v) is 6.67. The Labute approximate surface area is 167 Å². The molecule has 0 amide bonds. The van der Waals surface area contributed by atoms with E-state index >= 15 is 0 Å². The summed E-state index contributed by atoms with van der Waals surface area (Å²) < 4.78 is 63.5. The number of aryl methyl sites for hydroxylation is 1. The highest BCUT2D eigenvalue weighted by Crippen LogP contribution is 2.40. The fourth-order valence-corrected chi connectivity index (χ4v) is 3.48. The lowest BCUT2D eigenvalue weighted by Crippen LogP contribution is -2.15. The molecule has 0 spiro atoms. The van der Waals surface area contributed by atoms with E-state index in [0.717, 1.165) is 4.68 Å². The monoisotopic (exact) mass is 420 g/mol. The third kappa shape index (κ3) is 3.27. The van der Waals surface area contributed by atoms with Crippen LogP contribution in [0.2, 0.25) is 0 Å². The van der Waals surface area contributed by atoms with E-state index in [0.29, 0.717) is 10.9 Å². The highest BCUT2D eigenvalue weighted by atomic mass is 19.4. The van der Waals surface area contributed by atoms with Gasteiger partial charge in [-0.25, -0.2) is 4.39 Å². The van der Waals surface area contributed by atoms with Gasteiger partial charge in [-0.3, -0.25) is 14.2 Å². The quantitative estimate of drug-likeness (QED) is 0.365. The Bertz CT molecular complexity index is 1270. The molecule has 0 aliphatic heterocycles. The van der Waals surface area contributed by atoms with Crippen LogP contribution in [0.3, 0.4) is 0 Å². The van der Waals surface area contributed by atoms with Crippen molar-refractivity contribution in [2.75, 3.05) is 6.61 Å². The maximum Gasteiger partial charge on any atom is 0.435 e. The van der Waals surface area contributed by atoms with Crippen molar-refractivity contribution in [3.8, 4) is 11.1 Å². The molecule has 0 saturated heterocycles. The maximum atomic E-state index is 14.9. The lowest BCUT2D eigenvalue weighted by Gasteiger charge is -2.09. The molecule has 0 atom stereocenters. The summed E-state index contributed by atoms with van der Waals surface area (Å²) >= 11 is 0. The molecular formula is C20H16F4N4O2. The minimum atomic E-state index is -4.80. The molecule has 0 aliphatic carbocycles. The van der Waals surface area contributed by atoms with Gasteiger partial charge >= 0.3 is 12.1 Å². The van der Waals surface area contributed by atoms with Crippen LogP contribution in [-0.4, -0.2) is 32.1 Å². The first-order valence-electron chi connectivity index (χ1n) is 9.04. The van der Waals surface area contributed by atoms with Gasteiger partial charge < -0.3 is 4.74 Å². The number of esters is 1. The molecule has 0 unspecified atom stereocenters. The minimum absolute atomic E-state index is 0.0158. The Morgan fingerprint density at radius 2 is 1.93 bits per heavy atom. The van der Waals surface area contributed by atoms with Gasteiger partial charge in [-0.05, 0) is 30.7 Å². The number of hydrogen-bond donors (Lipinski definition) is 0. The van der Waals surface area contributed by atoms with Crippen LogP contribution in [0.25, 0.3) is 32.9 Å². The van der Waals surface area contributed by atoms with Gasteiger partial charge in [-0.15, -0.1) is 0 Å². The van der Waals surface area contributed by atoms with Gasteiger partial charge in [-0.2, -0.15) is 23.4 Å². The number of alkyl halides is 3. The zero-order valence-corrected chi connectivity index (χ0v) is 16.0. The molecule has 30 heavy (non-hydrogen) atoms. The van der Waals surface area contributed by atoms with Crippen molar-refractivity contribution < 1.29 is 27.1 Å². The van der Waals surface area contributed by atoms with E-state index in [2.05, 4.69) is 10.2 Å². The Morgan fingerprint density at radius 3 is 2.63 bits per heavy atom. The van der Waals surface area contributed by atoms with E-state index in [1.807, 2.05) is 0 Å². The van der Waals surface area contributed by atoms with E-state index in [1.54, 1.807) is 14.0 Å². The Hall–Kier alpha value is -3.43. The van der Waals surface area contributed by atoms with Crippen molar-refractivity contribution >= 4 is 27.8 Å². The minimum Gasteiger partial charge on any atom is -0.465 e. The molecule has 4 aromatic rings. The van der Waals surface area contributed by atoms with E-state index in [4.69, 9.17) is 4.74 Å². The molecule has 0 radical (unpaired) electrons. The summed E-state index contributed by atoms with van der Waals surface area (Å²) in [4.78, 5) is 11.8. The number of nitrogens with zero attached hydrogens (tertiary/aromatic N) is 4. The molecule has 6 nitrogen and oxygen atoms in total. The summed E-state index contributed by atoms with van der Waals surface area (Å²) in [6.07, 6.45) is -3.33. The van der Waals surface area contributed by atoms with Gasteiger partial charge in [0.25, 0.3) is 0 Å². The van der Waals surface area contributed by atoms with Gasteiger partial charge in [0.05, 0.1) is 23.8 Å². The SMILES string of the molecule is CCOC(=O)Cn1nc(C(F)(F)F)c2c(-c3cc4c(cnn4C)cc3F)cccc21. The van der Waals surface area contributed by atoms with E-state index in [9.17, 15) is 22.4 Å². The predicted octanol–water partition coefficient (Wildman–Crippen LogP) is 4.31. The molecular weight excluding hydrogens is 404 g/mol. The van der Waals surface area contributed by atoms with Crippen LogP contribution in [0.1, 0.15) is 12.6 Å². The van der Waals surface area contributed by atoms with Gasteiger partial charge in [0.1, 0.15) is 12.4 Å². The first-order valence-corrected chi connectivity index (χ1v) is 9.04. The number of carbonyl (C=O) groups excluding carboxylic acids is 1. The van der Waals surface area contributed by atoms with Crippen LogP contribution in [0.15, 0.2) is 36.5 Å². The lowest BCUT2D eigenvalue weighted by molar-refractivity contribution is -0.145. The molecule has 2 aromatic carbocycles. The van der Waals surface area contributed by atoms with Gasteiger partial charge in [-0.1, -0.05) is 12.1 Å². The molecule has 0 bridgehead atoms. The number of aromatic nitrogens is 4. The van der Waals surface area contributed by atoms with Crippen molar-refractivity contribution in [1.82, 2.24) is 19.6 Å². The molecule has 0 fully saturated rings. The van der Waals surface area contributed by atoms with Crippen molar-refractivity contribution in [1.29, 1.82) is 0 Å². The van der Waals surface area contributed by atoms with E-state index in [-0.39, 0.29) is 28.6 Å². The number of carbonyl (C=O) groups is 1. The Balaban J connectivity index is 2.00. The first kappa shape index (κ1) is 19.9. The number of hydrogen-bond acceptors (Lipinski definition) is 4. The largest absolute Gasteiger partial charge is 0.465 e. The third-order valence-corrected chi connectivity index (χ3v) is 4.76. The molecule has 4 rings (SSSR count). The third-order valence-electron chi connectivity index (χ3n) is 4.76. The number of halogens is 4. The molecule has 0 aliphatic rings. The first-order chi connectivity index (χ1) is 14.2. The topological polar surface area (TPSA) is 61.9 Å². The van der Waals surface area contributed by atoms with Crippen LogP contribution in [0, 0.1) is 5.82 Å². The van der Waals surface area contributed by atoms with Gasteiger partial charge in [0, 0.05) is 23.4 Å². The average Bonchev–Trinajstić information content (AvgIpc) is 3.22. The van der Waals surface area contributed by atoms with E-state index < -0.39 is 30.2 Å². The zero-order chi connectivity index (χ0) is 21.6. The Kier molecular flexibility index (Phi) is 4.71. The number of rotatable bonds is 4. The van der Waals surface area contributed by atoms with E-state index in [1.165, 1.54) is 41.2 Å². The normalized spacial score (nSPS) is 12.1. The van der Waals surface area contributed by atoms with Crippen LogP contribution in [-0.2, 0) is 29.3 Å². The molecule has 2 aromatic heterocycles. The van der Waals surface area contributed by atoms with Crippen molar-refractivity contribution in [2.45, 2.75) is 19.6 Å². The maximum absolute atomic E-state index is 14.9. The second kappa shape index (κ2) is 7.12. The predicted molar refractivity (Wildman–Crippen MR) is 101 cm³/mol. The summed E-state index contributed by atoms with van der Waals surface area (Å²) in [7, 11) is 1.66. The summed E-state index contributed by atoms with van der Waals surface area (Å²) in [6, 6.07) is 6.98. The van der Waals surface area contributed by atoms with Crippen molar-refractivity contribution in [3.63, 3.8) is 0 Å². The number of fused-ring (bicyclic) bond motifs is 2. The molecule has 0 N–H and O–H groups in total. The highest BCUT2D eigenvalue weighted by Gasteiger charge is 2.38. The second-order valence-electron chi connectivity index (χ2n) is 6.67. The lowest BCUT2D eigenvalue weighted by atomic mass is 9.98. The van der Waals surface area contributed by atoms with Crippen molar-refractivity contribution in [3.05, 3.63) is 48.0 Å². The highest BCUT2D eigenvalue weighted by molar-refractivity contribution is 5.99. The fraction of sp³-hybridized carbons (Fsp3) is 0.250. The number of benzene rings is 2. The summed E-state index contributed by atoms with van der Waals surface area (Å²) in [6.45, 7) is 1.19. The van der Waals surface area contributed by atoms with Crippen LogP contribution < -0.4 is 0 Å². The molecule has 0 saturated carbocycles. The van der Waals surface area contributed by atoms with Crippen LogP contribution in [0.5, 0.6) is 0 Å². The fourth-order valence-electron chi connectivity index (χ4n) is 3.48. The number of ether oxygens (including phenoxy) is 1. The summed E-state index contributed by atoms with van der Waals surface area (Å²) in [5, 5.41) is 7.91.